The number of nitro benzene ring substituents is 1. The lowest BCUT2D eigenvalue weighted by molar-refractivity contribution is -0.384. The molecule has 1 N–H and O–H groups in total. The van der Waals surface area contributed by atoms with Gasteiger partial charge in [-0.25, -0.2) is 4.39 Å². The van der Waals surface area contributed by atoms with Crippen LogP contribution in [-0.4, -0.2) is 78.9 Å². The van der Waals surface area contributed by atoms with E-state index in [-0.39, 0.29) is 17.5 Å². The maximum Gasteiger partial charge on any atom is 0.293 e. The molecule has 34 heavy (non-hydrogen) atoms. The van der Waals surface area contributed by atoms with E-state index in [0.717, 1.165) is 13.0 Å². The quantitative estimate of drug-likeness (QED) is 0.546. The van der Waals surface area contributed by atoms with Crippen molar-refractivity contribution in [3.63, 3.8) is 0 Å². The third kappa shape index (κ3) is 5.33. The Bertz CT molecular complexity index is 1050. The molecule has 2 aliphatic heterocycles. The van der Waals surface area contributed by atoms with Gasteiger partial charge in [0, 0.05) is 63.0 Å². The van der Waals surface area contributed by atoms with Crippen molar-refractivity contribution >= 4 is 23.2 Å². The summed E-state index contributed by atoms with van der Waals surface area (Å²) in [4.78, 5) is 42.5. The van der Waals surface area contributed by atoms with Gasteiger partial charge >= 0.3 is 0 Å². The highest BCUT2D eigenvalue weighted by atomic mass is 19.1. The van der Waals surface area contributed by atoms with Gasteiger partial charge in [0.1, 0.15) is 11.5 Å². The summed E-state index contributed by atoms with van der Waals surface area (Å²) < 4.78 is 13.2. The molecule has 2 heterocycles. The van der Waals surface area contributed by atoms with Crippen LogP contribution >= 0.6 is 0 Å². The van der Waals surface area contributed by atoms with E-state index in [0.29, 0.717) is 69.0 Å². The van der Waals surface area contributed by atoms with E-state index >= 15 is 0 Å². The minimum absolute atomic E-state index is 0.114. The van der Waals surface area contributed by atoms with Crippen molar-refractivity contribution in [2.24, 2.45) is 0 Å². The number of carbonyl (C=O) groups excluding carboxylic acids is 2. The van der Waals surface area contributed by atoms with Crippen LogP contribution in [0.15, 0.2) is 42.5 Å². The predicted octanol–water partition coefficient (Wildman–Crippen LogP) is 2.52. The van der Waals surface area contributed by atoms with Crippen LogP contribution in [-0.2, 0) is 0 Å². The van der Waals surface area contributed by atoms with Gasteiger partial charge in [0.05, 0.1) is 4.92 Å². The molecule has 10 heteroatoms. The molecule has 0 aliphatic carbocycles. The molecule has 0 bridgehead atoms. The summed E-state index contributed by atoms with van der Waals surface area (Å²) in [5.41, 5.74) is 1.04. The van der Waals surface area contributed by atoms with Crippen LogP contribution in [0.2, 0.25) is 0 Å². The van der Waals surface area contributed by atoms with Crippen molar-refractivity contribution in [2.75, 3.05) is 57.3 Å². The molecule has 2 fully saturated rings. The Morgan fingerprint density at radius 2 is 1.50 bits per heavy atom. The lowest BCUT2D eigenvalue weighted by Crippen LogP contribution is -2.35. The van der Waals surface area contributed by atoms with Crippen LogP contribution in [0.4, 0.5) is 15.8 Å². The average Bonchev–Trinajstić information content (AvgIpc) is 3.27. The van der Waals surface area contributed by atoms with Gasteiger partial charge in [-0.1, -0.05) is 0 Å². The number of nitrogens with zero attached hydrogens (tertiary/aromatic N) is 4. The van der Waals surface area contributed by atoms with Crippen molar-refractivity contribution in [2.45, 2.75) is 12.8 Å². The summed E-state index contributed by atoms with van der Waals surface area (Å²) in [6, 6.07) is 10.1. The highest BCUT2D eigenvalue weighted by molar-refractivity contribution is 5.96. The normalized spacial score (nSPS) is 17.1. The number of anilines is 1. The second-order valence-electron chi connectivity index (χ2n) is 8.50. The van der Waals surface area contributed by atoms with Gasteiger partial charge in [-0.15, -0.1) is 0 Å². The molecule has 0 aromatic heterocycles. The molecule has 0 atom stereocenters. The highest BCUT2D eigenvalue weighted by Gasteiger charge is 2.27. The number of benzene rings is 2. The standard InChI is InChI=1S/C24H28FN5O4/c25-20-6-3-18(4-7-20)23(31)29-13-2-12-27(15-16-29)21-8-5-19(17-22(21)30(33)34)24(32)28-11-1-9-26-10-14-28/h3-8,17,26H,1-2,9-16H2. The molecule has 2 aromatic carbocycles. The minimum Gasteiger partial charge on any atom is -0.364 e. The molecule has 0 spiro atoms. The Balaban J connectivity index is 1.49. The Hall–Kier alpha value is -3.53. The monoisotopic (exact) mass is 469 g/mol. The number of hydrogen-bond acceptors (Lipinski definition) is 6. The molecule has 2 amide bonds. The molecule has 9 nitrogen and oxygen atoms in total. The topological polar surface area (TPSA) is 99.0 Å². The number of amides is 2. The van der Waals surface area contributed by atoms with Gasteiger partial charge in [-0.3, -0.25) is 19.7 Å². The van der Waals surface area contributed by atoms with E-state index in [1.165, 1.54) is 30.3 Å². The highest BCUT2D eigenvalue weighted by Crippen LogP contribution is 2.31. The fraction of sp³-hybridized carbons (Fsp3) is 0.417. The molecular weight excluding hydrogens is 441 g/mol. The first kappa shape index (κ1) is 23.6. The number of nitro groups is 1. The summed E-state index contributed by atoms with van der Waals surface area (Å²) in [5.74, 6) is -0.796. The molecule has 2 saturated heterocycles. The molecule has 4 rings (SSSR count). The lowest BCUT2D eigenvalue weighted by Gasteiger charge is -2.24. The van der Waals surface area contributed by atoms with Gasteiger partial charge in [0.25, 0.3) is 17.5 Å². The smallest absolute Gasteiger partial charge is 0.293 e. The third-order valence-corrected chi connectivity index (χ3v) is 6.26. The first-order valence-electron chi connectivity index (χ1n) is 11.5. The zero-order chi connectivity index (χ0) is 24.1. The Kier molecular flexibility index (Phi) is 7.36. The number of nitrogens with one attached hydrogen (secondary N) is 1. The van der Waals surface area contributed by atoms with Crippen molar-refractivity contribution < 1.29 is 18.9 Å². The average molecular weight is 470 g/mol. The lowest BCUT2D eigenvalue weighted by atomic mass is 10.1. The molecule has 2 aromatic rings. The van der Waals surface area contributed by atoms with Crippen LogP contribution in [0.25, 0.3) is 0 Å². The van der Waals surface area contributed by atoms with E-state index in [4.69, 9.17) is 0 Å². The van der Waals surface area contributed by atoms with Gasteiger partial charge in [-0.2, -0.15) is 0 Å². The van der Waals surface area contributed by atoms with Gasteiger partial charge in [0.2, 0.25) is 0 Å². The largest absolute Gasteiger partial charge is 0.364 e. The van der Waals surface area contributed by atoms with Crippen LogP contribution < -0.4 is 10.2 Å². The van der Waals surface area contributed by atoms with Gasteiger partial charge in [0.15, 0.2) is 0 Å². The summed E-state index contributed by atoms with van der Waals surface area (Å²) in [6.45, 7) is 4.57. The summed E-state index contributed by atoms with van der Waals surface area (Å²) in [7, 11) is 0. The number of carbonyl (C=O) groups is 2. The van der Waals surface area contributed by atoms with Crippen molar-refractivity contribution in [1.29, 1.82) is 0 Å². The fourth-order valence-corrected chi connectivity index (χ4v) is 4.44. The maximum atomic E-state index is 13.2. The second kappa shape index (κ2) is 10.6. The fourth-order valence-electron chi connectivity index (χ4n) is 4.44. The van der Waals surface area contributed by atoms with Crippen LogP contribution in [0.3, 0.4) is 0 Å². The molecule has 180 valence electrons. The zero-order valence-corrected chi connectivity index (χ0v) is 18.9. The minimum atomic E-state index is -0.456. The molecule has 0 radical (unpaired) electrons. The molecule has 2 aliphatic rings. The number of rotatable bonds is 4. The molecule has 0 saturated carbocycles. The van der Waals surface area contributed by atoms with E-state index in [2.05, 4.69) is 5.32 Å². The molecule has 0 unspecified atom stereocenters. The zero-order valence-electron chi connectivity index (χ0n) is 18.9. The van der Waals surface area contributed by atoms with Crippen molar-refractivity contribution in [1.82, 2.24) is 15.1 Å². The summed E-state index contributed by atoms with van der Waals surface area (Å²) in [5, 5.41) is 15.1. The summed E-state index contributed by atoms with van der Waals surface area (Å²) in [6.07, 6.45) is 1.47. The Morgan fingerprint density at radius 3 is 2.26 bits per heavy atom. The number of halogens is 1. The van der Waals surface area contributed by atoms with E-state index in [1.54, 1.807) is 21.9 Å². The number of hydrogen-bond donors (Lipinski definition) is 1. The third-order valence-electron chi connectivity index (χ3n) is 6.26. The Labute approximate surface area is 197 Å². The SMILES string of the molecule is O=C(c1ccc(N2CCCN(C(=O)c3ccc(F)cc3)CC2)c([N+](=O)[O-])c1)N1CCCNCC1. The predicted molar refractivity (Wildman–Crippen MR) is 126 cm³/mol. The van der Waals surface area contributed by atoms with Crippen LogP contribution in [0.5, 0.6) is 0 Å². The molecular formula is C24H28FN5O4. The van der Waals surface area contributed by atoms with Crippen molar-refractivity contribution in [3.05, 3.63) is 69.5 Å². The maximum absolute atomic E-state index is 13.2. The first-order chi connectivity index (χ1) is 16.4. The van der Waals surface area contributed by atoms with E-state index in [9.17, 15) is 24.1 Å². The second-order valence-corrected chi connectivity index (χ2v) is 8.50. The Morgan fingerprint density at radius 1 is 0.824 bits per heavy atom. The van der Waals surface area contributed by atoms with E-state index < -0.39 is 10.7 Å². The van der Waals surface area contributed by atoms with Gasteiger partial charge in [-0.05, 0) is 55.8 Å². The summed E-state index contributed by atoms with van der Waals surface area (Å²) >= 11 is 0. The van der Waals surface area contributed by atoms with Crippen LogP contribution in [0.1, 0.15) is 33.6 Å². The van der Waals surface area contributed by atoms with Gasteiger partial charge < -0.3 is 20.0 Å². The van der Waals surface area contributed by atoms with Crippen molar-refractivity contribution in [3.8, 4) is 0 Å². The first-order valence-corrected chi connectivity index (χ1v) is 11.5. The van der Waals surface area contributed by atoms with Crippen LogP contribution in [0, 0.1) is 15.9 Å². The van der Waals surface area contributed by atoms with E-state index in [1.807, 2.05) is 4.90 Å².